The smallest absolute Gasteiger partial charge is 0.385 e. The molecule has 0 heterocycles. The summed E-state index contributed by atoms with van der Waals surface area (Å²) < 4.78 is 120. The van der Waals surface area contributed by atoms with Crippen LogP contribution in [0.2, 0.25) is 0 Å². The SMILES string of the molecule is CCNc1c(C)c(NCC)c(C(F)(F)F)c(C(F)(F)F)c1C(F)(F)F. The van der Waals surface area contributed by atoms with E-state index in [0.717, 1.165) is 6.92 Å². The van der Waals surface area contributed by atoms with Gasteiger partial charge in [-0.25, -0.2) is 0 Å². The third-order valence-corrected chi connectivity index (χ3v) is 3.31. The van der Waals surface area contributed by atoms with Crippen molar-refractivity contribution in [3.05, 3.63) is 22.3 Å². The molecule has 0 saturated heterocycles. The van der Waals surface area contributed by atoms with E-state index in [1.54, 1.807) is 0 Å². The van der Waals surface area contributed by atoms with E-state index in [-0.39, 0.29) is 13.1 Å². The van der Waals surface area contributed by atoms with Gasteiger partial charge in [0.05, 0.1) is 28.1 Å². The van der Waals surface area contributed by atoms with Gasteiger partial charge < -0.3 is 10.6 Å². The zero-order chi connectivity index (χ0) is 19.8. The molecule has 0 spiro atoms. The highest BCUT2D eigenvalue weighted by Gasteiger charge is 2.53. The van der Waals surface area contributed by atoms with Gasteiger partial charge in [0.2, 0.25) is 0 Å². The molecule has 0 radical (unpaired) electrons. The fraction of sp³-hybridized carbons (Fsp3) is 0.571. The molecule has 2 N–H and O–H groups in total. The van der Waals surface area contributed by atoms with Gasteiger partial charge in [0.1, 0.15) is 0 Å². The Balaban J connectivity index is 4.22. The molecule has 0 aliphatic carbocycles. The summed E-state index contributed by atoms with van der Waals surface area (Å²) in [5.41, 5.74) is -10.1. The lowest BCUT2D eigenvalue weighted by molar-refractivity contribution is -0.174. The molecule has 0 bridgehead atoms. The molecule has 1 aromatic rings. The number of hydrogen-bond donors (Lipinski definition) is 2. The topological polar surface area (TPSA) is 24.1 Å². The molecule has 1 aromatic carbocycles. The van der Waals surface area contributed by atoms with Gasteiger partial charge in [-0.1, -0.05) is 0 Å². The number of hydrogen-bond acceptors (Lipinski definition) is 2. The molecule has 0 unspecified atom stereocenters. The number of anilines is 2. The molecule has 144 valence electrons. The average Bonchev–Trinajstić information content (AvgIpc) is 2.39. The maximum atomic E-state index is 13.3. The first-order valence-corrected chi connectivity index (χ1v) is 7.07. The van der Waals surface area contributed by atoms with Crippen LogP contribution in [0.1, 0.15) is 36.1 Å². The minimum absolute atomic E-state index is 0.210. The Morgan fingerprint density at radius 3 is 1.08 bits per heavy atom. The second kappa shape index (κ2) is 6.83. The van der Waals surface area contributed by atoms with Crippen LogP contribution in [0.3, 0.4) is 0 Å². The Kier molecular flexibility index (Phi) is 5.80. The summed E-state index contributed by atoms with van der Waals surface area (Å²) in [7, 11) is 0. The molecule has 2 nitrogen and oxygen atoms in total. The molecular weight excluding hydrogens is 367 g/mol. The fourth-order valence-corrected chi connectivity index (χ4v) is 2.52. The highest BCUT2D eigenvalue weighted by atomic mass is 19.4. The monoisotopic (exact) mass is 382 g/mol. The van der Waals surface area contributed by atoms with Crippen LogP contribution in [0.25, 0.3) is 0 Å². The fourth-order valence-electron chi connectivity index (χ4n) is 2.52. The quantitative estimate of drug-likeness (QED) is 0.632. The molecular formula is C14H15F9N2. The van der Waals surface area contributed by atoms with Gasteiger partial charge in [0.15, 0.2) is 0 Å². The Morgan fingerprint density at radius 2 is 0.880 bits per heavy atom. The standard InChI is InChI=1S/C14H15F9N2/c1-4-24-10-6(3)11(25-5-2)9(14(21,22)23)7(12(15,16)17)8(10)13(18,19)20/h24-25H,4-5H2,1-3H3. The van der Waals surface area contributed by atoms with Gasteiger partial charge in [-0.05, 0) is 26.3 Å². The molecule has 0 aromatic heterocycles. The van der Waals surface area contributed by atoms with E-state index >= 15 is 0 Å². The van der Waals surface area contributed by atoms with Gasteiger partial charge in [-0.2, -0.15) is 39.5 Å². The zero-order valence-electron chi connectivity index (χ0n) is 13.3. The molecule has 0 aliphatic rings. The second-order valence-electron chi connectivity index (χ2n) is 5.05. The Labute approximate surface area is 137 Å². The molecule has 0 atom stereocenters. The number of rotatable bonds is 4. The van der Waals surface area contributed by atoms with Gasteiger partial charge in [0.25, 0.3) is 0 Å². The van der Waals surface area contributed by atoms with Crippen LogP contribution >= 0.6 is 0 Å². The third kappa shape index (κ3) is 4.24. The lowest BCUT2D eigenvalue weighted by Crippen LogP contribution is -2.27. The Bertz CT molecular complexity index is 582. The maximum Gasteiger partial charge on any atom is 0.419 e. The summed E-state index contributed by atoms with van der Waals surface area (Å²) in [4.78, 5) is 0. The van der Waals surface area contributed by atoms with Gasteiger partial charge in [-0.3, -0.25) is 0 Å². The maximum absolute atomic E-state index is 13.3. The molecule has 1 rings (SSSR count). The third-order valence-electron chi connectivity index (χ3n) is 3.31. The lowest BCUT2D eigenvalue weighted by atomic mass is 9.91. The molecule has 0 aliphatic heterocycles. The Morgan fingerprint density at radius 1 is 0.600 bits per heavy atom. The van der Waals surface area contributed by atoms with Crippen molar-refractivity contribution < 1.29 is 39.5 Å². The van der Waals surface area contributed by atoms with E-state index in [1.165, 1.54) is 13.8 Å². The zero-order valence-corrected chi connectivity index (χ0v) is 13.3. The minimum Gasteiger partial charge on any atom is -0.385 e. The molecule has 0 saturated carbocycles. The second-order valence-corrected chi connectivity index (χ2v) is 5.05. The van der Waals surface area contributed by atoms with Crippen molar-refractivity contribution in [3.63, 3.8) is 0 Å². The number of halogens is 9. The van der Waals surface area contributed by atoms with Crippen molar-refractivity contribution in [2.24, 2.45) is 0 Å². The van der Waals surface area contributed by atoms with Gasteiger partial charge in [0, 0.05) is 13.1 Å². The van der Waals surface area contributed by atoms with Crippen LogP contribution in [-0.4, -0.2) is 13.1 Å². The number of alkyl halides is 9. The highest BCUT2D eigenvalue weighted by molar-refractivity contribution is 5.77. The lowest BCUT2D eigenvalue weighted by Gasteiger charge is -2.28. The predicted octanol–water partition coefficient (Wildman–Crippen LogP) is 5.92. The van der Waals surface area contributed by atoms with Crippen LogP contribution in [0.5, 0.6) is 0 Å². The predicted molar refractivity (Wildman–Crippen MR) is 74.5 cm³/mol. The molecule has 11 heteroatoms. The van der Waals surface area contributed by atoms with Crippen LogP contribution in [0.4, 0.5) is 50.9 Å². The van der Waals surface area contributed by atoms with Crippen molar-refractivity contribution in [2.45, 2.75) is 39.3 Å². The molecule has 0 amide bonds. The van der Waals surface area contributed by atoms with E-state index in [1.807, 2.05) is 0 Å². The summed E-state index contributed by atoms with van der Waals surface area (Å²) in [5, 5.41) is 4.23. The van der Waals surface area contributed by atoms with Crippen LogP contribution in [0.15, 0.2) is 0 Å². The van der Waals surface area contributed by atoms with Crippen molar-refractivity contribution in [1.29, 1.82) is 0 Å². The van der Waals surface area contributed by atoms with Crippen LogP contribution < -0.4 is 10.6 Å². The number of benzene rings is 1. The molecule has 25 heavy (non-hydrogen) atoms. The average molecular weight is 382 g/mol. The summed E-state index contributed by atoms with van der Waals surface area (Å²) in [6, 6.07) is 0. The van der Waals surface area contributed by atoms with E-state index in [2.05, 4.69) is 10.6 Å². The number of nitrogens with one attached hydrogen (secondary N) is 2. The summed E-state index contributed by atoms with van der Waals surface area (Å²) >= 11 is 0. The van der Waals surface area contributed by atoms with Crippen molar-refractivity contribution in [1.82, 2.24) is 0 Å². The first-order chi connectivity index (χ1) is 11.2. The summed E-state index contributed by atoms with van der Waals surface area (Å²) in [6.45, 7) is 3.12. The van der Waals surface area contributed by atoms with E-state index < -0.39 is 52.2 Å². The first kappa shape index (κ1) is 21.2. The highest BCUT2D eigenvalue weighted by Crippen LogP contribution is 2.53. The Hall–Kier alpha value is -1.81. The van der Waals surface area contributed by atoms with Crippen LogP contribution in [0, 0.1) is 6.92 Å². The normalized spacial score (nSPS) is 13.1. The van der Waals surface area contributed by atoms with E-state index in [9.17, 15) is 39.5 Å². The molecule has 0 fully saturated rings. The minimum atomic E-state index is -5.86. The van der Waals surface area contributed by atoms with Crippen molar-refractivity contribution in [3.8, 4) is 0 Å². The summed E-state index contributed by atoms with van der Waals surface area (Å²) in [6.07, 6.45) is -17.1. The largest absolute Gasteiger partial charge is 0.419 e. The van der Waals surface area contributed by atoms with Gasteiger partial charge in [-0.15, -0.1) is 0 Å². The van der Waals surface area contributed by atoms with E-state index in [0.29, 0.717) is 0 Å². The van der Waals surface area contributed by atoms with Gasteiger partial charge >= 0.3 is 18.5 Å². The first-order valence-electron chi connectivity index (χ1n) is 7.07. The van der Waals surface area contributed by atoms with Crippen molar-refractivity contribution >= 4 is 11.4 Å². The summed E-state index contributed by atoms with van der Waals surface area (Å²) in [5.74, 6) is 0. The van der Waals surface area contributed by atoms with Crippen LogP contribution in [-0.2, 0) is 18.5 Å². The van der Waals surface area contributed by atoms with E-state index in [4.69, 9.17) is 0 Å². The van der Waals surface area contributed by atoms with Crippen molar-refractivity contribution in [2.75, 3.05) is 23.7 Å².